The van der Waals surface area contributed by atoms with Crippen LogP contribution in [0.15, 0.2) is 30.3 Å². The van der Waals surface area contributed by atoms with Crippen LogP contribution in [0.4, 0.5) is 0 Å². The van der Waals surface area contributed by atoms with E-state index in [1.54, 1.807) is 30.3 Å². The van der Waals surface area contributed by atoms with Gasteiger partial charge in [-0.1, -0.05) is 30.3 Å². The van der Waals surface area contributed by atoms with E-state index in [0.717, 1.165) is 0 Å². The predicted octanol–water partition coefficient (Wildman–Crippen LogP) is 0.905. The van der Waals surface area contributed by atoms with Gasteiger partial charge in [-0.2, -0.15) is 8.42 Å². The average molecular weight is 272 g/mol. The number of epoxide rings is 1. The van der Waals surface area contributed by atoms with E-state index in [0.29, 0.717) is 5.56 Å². The molecule has 1 aromatic rings. The third kappa shape index (κ3) is 1.90. The van der Waals surface area contributed by atoms with Crippen molar-refractivity contribution in [1.29, 1.82) is 0 Å². The number of hydrogen-bond donors (Lipinski definition) is 1. The van der Waals surface area contributed by atoms with Crippen LogP contribution in [0.3, 0.4) is 0 Å². The molecule has 0 aliphatic carbocycles. The van der Waals surface area contributed by atoms with Gasteiger partial charge < -0.3 is 9.47 Å². The molecule has 1 aromatic carbocycles. The zero-order valence-electron chi connectivity index (χ0n) is 9.57. The second kappa shape index (κ2) is 4.34. The Hall–Kier alpha value is -1.44. The van der Waals surface area contributed by atoms with Crippen molar-refractivity contribution in [3.05, 3.63) is 35.9 Å². The first-order valence-electron chi connectivity index (χ1n) is 5.30. The third-order valence-electron chi connectivity index (χ3n) is 2.63. The molecule has 1 aliphatic heterocycles. The van der Waals surface area contributed by atoms with Gasteiger partial charge in [0.25, 0.3) is 0 Å². The fourth-order valence-corrected chi connectivity index (χ4v) is 2.64. The maximum Gasteiger partial charge on any atom is 0.360 e. The van der Waals surface area contributed by atoms with Crippen LogP contribution in [0.2, 0.25) is 0 Å². The molecule has 6 nitrogen and oxygen atoms in total. The number of ether oxygens (including phenoxy) is 2. The summed E-state index contributed by atoms with van der Waals surface area (Å²) in [5.74, 6) is -1.10. The zero-order chi connectivity index (χ0) is 13.4. The normalized spacial score (nSPS) is 26.7. The molecular weight excluding hydrogens is 260 g/mol. The molecule has 1 fully saturated rings. The Morgan fingerprint density at radius 1 is 1.44 bits per heavy atom. The summed E-state index contributed by atoms with van der Waals surface area (Å²) >= 11 is 0. The van der Waals surface area contributed by atoms with Crippen molar-refractivity contribution in [2.75, 3.05) is 6.61 Å². The van der Waals surface area contributed by atoms with E-state index in [2.05, 4.69) is 4.74 Å². The fourth-order valence-electron chi connectivity index (χ4n) is 1.74. The van der Waals surface area contributed by atoms with Gasteiger partial charge in [0.2, 0.25) is 0 Å². The monoisotopic (exact) mass is 272 g/mol. The van der Waals surface area contributed by atoms with Gasteiger partial charge in [-0.15, -0.1) is 0 Å². The number of esters is 1. The summed E-state index contributed by atoms with van der Waals surface area (Å²) in [6, 6.07) is 8.31. The molecule has 1 heterocycles. The summed E-state index contributed by atoms with van der Waals surface area (Å²) in [7, 11) is -4.71. The van der Waals surface area contributed by atoms with Crippen LogP contribution in [0, 0.1) is 0 Å². The highest BCUT2D eigenvalue weighted by molar-refractivity contribution is 7.88. The molecule has 1 N–H and O–H groups in total. The summed E-state index contributed by atoms with van der Waals surface area (Å²) < 4.78 is 41.5. The van der Waals surface area contributed by atoms with Crippen LogP contribution in [0.1, 0.15) is 18.6 Å². The third-order valence-corrected chi connectivity index (χ3v) is 3.87. The lowest BCUT2D eigenvalue weighted by Crippen LogP contribution is -2.36. The standard InChI is InChI=1S/C11H12O6S/c1-2-16-10(12)11(18(13,14)15)9(17-11)8-6-4-3-5-7-8/h3-7,9H,2H2,1H3,(H,13,14,15). The van der Waals surface area contributed by atoms with E-state index < -0.39 is 27.1 Å². The van der Waals surface area contributed by atoms with E-state index in [9.17, 15) is 17.8 Å². The molecule has 0 spiro atoms. The quantitative estimate of drug-likeness (QED) is 0.497. The second-order valence-electron chi connectivity index (χ2n) is 3.77. The molecule has 0 radical (unpaired) electrons. The van der Waals surface area contributed by atoms with Gasteiger partial charge in [0.05, 0.1) is 6.61 Å². The van der Waals surface area contributed by atoms with Crippen LogP contribution in [0.5, 0.6) is 0 Å². The van der Waals surface area contributed by atoms with Crippen LogP contribution in [-0.2, 0) is 24.4 Å². The van der Waals surface area contributed by atoms with Crippen molar-refractivity contribution in [1.82, 2.24) is 0 Å². The molecule has 0 saturated carbocycles. The van der Waals surface area contributed by atoms with Gasteiger partial charge in [0.15, 0.2) is 0 Å². The van der Waals surface area contributed by atoms with Crippen molar-refractivity contribution in [3.8, 4) is 0 Å². The first-order valence-corrected chi connectivity index (χ1v) is 6.74. The van der Waals surface area contributed by atoms with Gasteiger partial charge in [-0.25, -0.2) is 4.79 Å². The molecule has 1 saturated heterocycles. The lowest BCUT2D eigenvalue weighted by atomic mass is 10.1. The lowest BCUT2D eigenvalue weighted by molar-refractivity contribution is -0.146. The van der Waals surface area contributed by atoms with Crippen LogP contribution in [0.25, 0.3) is 0 Å². The first kappa shape index (κ1) is 13.0. The fraction of sp³-hybridized carbons (Fsp3) is 0.364. The van der Waals surface area contributed by atoms with E-state index in [4.69, 9.17) is 4.74 Å². The van der Waals surface area contributed by atoms with Crippen molar-refractivity contribution >= 4 is 16.1 Å². The Bertz CT molecular complexity index is 552. The SMILES string of the molecule is CCOC(=O)C1(S(=O)(=O)O)OC1c1ccccc1. The average Bonchev–Trinajstić information content (AvgIpc) is 3.06. The van der Waals surface area contributed by atoms with Crippen LogP contribution >= 0.6 is 0 Å². The Morgan fingerprint density at radius 2 is 2.06 bits per heavy atom. The molecule has 0 bridgehead atoms. The molecule has 2 rings (SSSR count). The van der Waals surface area contributed by atoms with E-state index >= 15 is 0 Å². The molecule has 0 aromatic heterocycles. The molecule has 7 heteroatoms. The van der Waals surface area contributed by atoms with E-state index in [-0.39, 0.29) is 6.61 Å². The van der Waals surface area contributed by atoms with Crippen LogP contribution < -0.4 is 0 Å². The van der Waals surface area contributed by atoms with Crippen molar-refractivity contribution in [2.45, 2.75) is 18.0 Å². The highest BCUT2D eigenvalue weighted by atomic mass is 32.2. The first-order chi connectivity index (χ1) is 8.43. The van der Waals surface area contributed by atoms with Gasteiger partial charge in [0.1, 0.15) is 6.10 Å². The molecule has 2 unspecified atom stereocenters. The van der Waals surface area contributed by atoms with E-state index in [1.807, 2.05) is 0 Å². The highest BCUT2D eigenvalue weighted by Gasteiger charge is 2.74. The summed E-state index contributed by atoms with van der Waals surface area (Å²) in [4.78, 5) is 9.36. The molecule has 0 amide bonds. The number of hydrogen-bond acceptors (Lipinski definition) is 5. The highest BCUT2D eigenvalue weighted by Crippen LogP contribution is 2.53. The number of rotatable bonds is 4. The van der Waals surface area contributed by atoms with Gasteiger partial charge in [-0.05, 0) is 12.5 Å². The largest absolute Gasteiger partial charge is 0.463 e. The molecule has 1 aliphatic rings. The van der Waals surface area contributed by atoms with Gasteiger partial charge in [-0.3, -0.25) is 4.55 Å². The summed E-state index contributed by atoms with van der Waals surface area (Å²) in [6.07, 6.45) is -1.03. The minimum absolute atomic E-state index is 0.000965. The van der Waals surface area contributed by atoms with E-state index in [1.165, 1.54) is 6.92 Å². The number of carbonyl (C=O) groups is 1. The van der Waals surface area contributed by atoms with Crippen LogP contribution in [-0.4, -0.2) is 30.5 Å². The van der Waals surface area contributed by atoms with Crippen molar-refractivity contribution in [2.24, 2.45) is 0 Å². The Balaban J connectivity index is 2.36. The number of carbonyl (C=O) groups excluding carboxylic acids is 1. The summed E-state index contributed by atoms with van der Waals surface area (Å²) in [6.45, 7) is 1.54. The smallest absolute Gasteiger partial charge is 0.360 e. The molecule has 98 valence electrons. The molecule has 18 heavy (non-hydrogen) atoms. The minimum atomic E-state index is -4.71. The van der Waals surface area contributed by atoms with Crippen molar-refractivity contribution in [3.63, 3.8) is 0 Å². The van der Waals surface area contributed by atoms with Gasteiger partial charge >= 0.3 is 21.0 Å². The Kier molecular flexibility index (Phi) is 3.14. The molecule has 2 atom stereocenters. The minimum Gasteiger partial charge on any atom is -0.463 e. The Labute approximate surface area is 104 Å². The predicted molar refractivity (Wildman–Crippen MR) is 61.2 cm³/mol. The Morgan fingerprint density at radius 3 is 2.56 bits per heavy atom. The molecular formula is C11H12O6S. The van der Waals surface area contributed by atoms with Gasteiger partial charge in [0, 0.05) is 0 Å². The summed E-state index contributed by atoms with van der Waals surface area (Å²) in [5, 5.41) is 0. The maximum atomic E-state index is 11.7. The maximum absolute atomic E-state index is 11.7. The summed E-state index contributed by atoms with van der Waals surface area (Å²) in [5.41, 5.74) is 0.489. The number of benzene rings is 1. The topological polar surface area (TPSA) is 93.2 Å². The second-order valence-corrected chi connectivity index (χ2v) is 5.33. The van der Waals surface area contributed by atoms with Crippen molar-refractivity contribution < 1.29 is 27.2 Å². The lowest BCUT2D eigenvalue weighted by Gasteiger charge is -2.08. The zero-order valence-corrected chi connectivity index (χ0v) is 10.4.